The summed E-state index contributed by atoms with van der Waals surface area (Å²) in [6, 6.07) is 0. The van der Waals surface area contributed by atoms with Gasteiger partial charge >= 0.3 is 0 Å². The summed E-state index contributed by atoms with van der Waals surface area (Å²) in [5, 5.41) is 0. The van der Waals surface area contributed by atoms with Gasteiger partial charge in [0.25, 0.3) is 0 Å². The Hall–Kier alpha value is -0.260. The average molecular weight is 164 g/mol. The third-order valence-corrected chi connectivity index (χ3v) is 3.46. The molecule has 1 unspecified atom stereocenters. The molecule has 0 aromatic rings. The molecule has 0 aromatic heterocycles. The van der Waals surface area contributed by atoms with Crippen molar-refractivity contribution in [1.29, 1.82) is 0 Å². The van der Waals surface area contributed by atoms with Crippen molar-refractivity contribution in [2.45, 2.75) is 57.8 Å². The molecule has 0 bridgehead atoms. The molecule has 1 saturated carbocycles. The van der Waals surface area contributed by atoms with E-state index < -0.39 is 0 Å². The zero-order chi connectivity index (χ0) is 8.23. The molecular formula is C12H20. The summed E-state index contributed by atoms with van der Waals surface area (Å²) in [6.45, 7) is 0. The van der Waals surface area contributed by atoms with Crippen LogP contribution in [-0.2, 0) is 0 Å². The van der Waals surface area contributed by atoms with Gasteiger partial charge in [-0.3, -0.25) is 0 Å². The van der Waals surface area contributed by atoms with Crippen LogP contribution in [-0.4, -0.2) is 0 Å². The summed E-state index contributed by atoms with van der Waals surface area (Å²) >= 11 is 0. The van der Waals surface area contributed by atoms with E-state index in [1.54, 1.807) is 0 Å². The predicted octanol–water partition coefficient (Wildman–Crippen LogP) is 4.07. The van der Waals surface area contributed by atoms with Gasteiger partial charge in [0.1, 0.15) is 0 Å². The zero-order valence-corrected chi connectivity index (χ0v) is 8.02. The van der Waals surface area contributed by atoms with Crippen molar-refractivity contribution in [3.8, 4) is 0 Å². The van der Waals surface area contributed by atoms with Crippen molar-refractivity contribution in [1.82, 2.24) is 0 Å². The first-order chi connectivity index (χ1) is 5.97. The Labute approximate surface area is 76.1 Å². The average Bonchev–Trinajstić information content (AvgIpc) is 2.38. The maximum Gasteiger partial charge on any atom is -0.0203 e. The molecule has 0 aliphatic heterocycles. The number of hydrogen-bond acceptors (Lipinski definition) is 0. The van der Waals surface area contributed by atoms with Gasteiger partial charge in [-0.25, -0.2) is 0 Å². The van der Waals surface area contributed by atoms with E-state index in [2.05, 4.69) is 6.08 Å². The fourth-order valence-electron chi connectivity index (χ4n) is 2.71. The minimum Gasteiger partial charge on any atom is -0.0851 e. The van der Waals surface area contributed by atoms with Crippen molar-refractivity contribution in [2.24, 2.45) is 5.92 Å². The molecule has 0 heteroatoms. The van der Waals surface area contributed by atoms with Gasteiger partial charge in [-0.2, -0.15) is 0 Å². The van der Waals surface area contributed by atoms with Crippen LogP contribution in [0.3, 0.4) is 0 Å². The predicted molar refractivity (Wildman–Crippen MR) is 53.1 cm³/mol. The van der Waals surface area contributed by atoms with E-state index in [1.807, 2.05) is 5.57 Å². The van der Waals surface area contributed by atoms with Crippen molar-refractivity contribution >= 4 is 0 Å². The Morgan fingerprint density at radius 2 is 1.75 bits per heavy atom. The largest absolute Gasteiger partial charge is 0.0851 e. The minimum absolute atomic E-state index is 0.995. The second kappa shape index (κ2) is 4.11. The normalized spacial score (nSPS) is 31.3. The maximum absolute atomic E-state index is 2.56. The molecule has 1 atom stereocenters. The van der Waals surface area contributed by atoms with E-state index >= 15 is 0 Å². The lowest BCUT2D eigenvalue weighted by Crippen LogP contribution is -2.00. The molecule has 0 spiro atoms. The van der Waals surface area contributed by atoms with E-state index in [0.717, 1.165) is 5.92 Å². The minimum atomic E-state index is 0.995. The fourth-order valence-corrected chi connectivity index (χ4v) is 2.71. The highest BCUT2D eigenvalue weighted by Gasteiger charge is 2.18. The molecule has 1 fully saturated rings. The molecule has 0 aromatic carbocycles. The van der Waals surface area contributed by atoms with E-state index in [-0.39, 0.29) is 0 Å². The van der Waals surface area contributed by atoms with Crippen LogP contribution in [0.4, 0.5) is 0 Å². The van der Waals surface area contributed by atoms with Gasteiger partial charge in [-0.15, -0.1) is 0 Å². The lowest BCUT2D eigenvalue weighted by atomic mass is 9.91. The summed E-state index contributed by atoms with van der Waals surface area (Å²) in [5.74, 6) is 0.995. The first-order valence-electron chi connectivity index (χ1n) is 5.66. The van der Waals surface area contributed by atoms with E-state index in [4.69, 9.17) is 0 Å². The molecule has 2 aliphatic rings. The van der Waals surface area contributed by atoms with Crippen LogP contribution in [0.25, 0.3) is 0 Å². The summed E-state index contributed by atoms with van der Waals surface area (Å²) in [7, 11) is 0. The summed E-state index contributed by atoms with van der Waals surface area (Å²) in [6.07, 6.45) is 15.7. The maximum atomic E-state index is 2.56. The highest BCUT2D eigenvalue weighted by Crippen LogP contribution is 2.34. The van der Waals surface area contributed by atoms with E-state index in [9.17, 15) is 0 Å². The zero-order valence-electron chi connectivity index (χ0n) is 8.02. The standard InChI is InChI=1S/C12H20/c1-3-7-11-9-5-2-6-10-12(11)8-4-1/h7,12H,1-6,8-10H2. The lowest BCUT2D eigenvalue weighted by Gasteiger charge is -2.14. The molecule has 0 amide bonds. The van der Waals surface area contributed by atoms with E-state index in [0.29, 0.717) is 0 Å². The first kappa shape index (κ1) is 8.34. The van der Waals surface area contributed by atoms with Gasteiger partial charge in [0.2, 0.25) is 0 Å². The Balaban J connectivity index is 2.06. The van der Waals surface area contributed by atoms with Crippen LogP contribution >= 0.6 is 0 Å². The van der Waals surface area contributed by atoms with Crippen LogP contribution < -0.4 is 0 Å². The van der Waals surface area contributed by atoms with Gasteiger partial charge in [-0.1, -0.05) is 30.9 Å². The second-order valence-corrected chi connectivity index (χ2v) is 4.36. The van der Waals surface area contributed by atoms with Gasteiger partial charge in [0, 0.05) is 0 Å². The molecule has 12 heavy (non-hydrogen) atoms. The van der Waals surface area contributed by atoms with Crippen molar-refractivity contribution in [3.63, 3.8) is 0 Å². The molecule has 68 valence electrons. The van der Waals surface area contributed by atoms with Gasteiger partial charge in [0.15, 0.2) is 0 Å². The topological polar surface area (TPSA) is 0 Å². The summed E-state index contributed by atoms with van der Waals surface area (Å²) in [5.41, 5.74) is 1.82. The molecule has 0 saturated heterocycles. The molecule has 0 N–H and O–H groups in total. The van der Waals surface area contributed by atoms with Crippen LogP contribution in [0.15, 0.2) is 11.6 Å². The quantitative estimate of drug-likeness (QED) is 0.473. The SMILES string of the molecule is C1=C2CCCCCC2CCCC1. The van der Waals surface area contributed by atoms with Gasteiger partial charge in [0.05, 0.1) is 0 Å². The molecule has 2 aliphatic carbocycles. The van der Waals surface area contributed by atoms with Crippen LogP contribution in [0.1, 0.15) is 57.8 Å². The van der Waals surface area contributed by atoms with Crippen molar-refractivity contribution < 1.29 is 0 Å². The molecule has 2 rings (SSSR count). The van der Waals surface area contributed by atoms with Crippen molar-refractivity contribution in [3.05, 3.63) is 11.6 Å². The Morgan fingerprint density at radius 1 is 0.917 bits per heavy atom. The third-order valence-electron chi connectivity index (χ3n) is 3.46. The molecule has 0 heterocycles. The smallest absolute Gasteiger partial charge is 0.0203 e. The third kappa shape index (κ3) is 1.91. The van der Waals surface area contributed by atoms with Gasteiger partial charge in [-0.05, 0) is 44.4 Å². The molecular weight excluding hydrogens is 144 g/mol. The number of hydrogen-bond donors (Lipinski definition) is 0. The second-order valence-electron chi connectivity index (χ2n) is 4.36. The van der Waals surface area contributed by atoms with E-state index in [1.165, 1.54) is 57.8 Å². The lowest BCUT2D eigenvalue weighted by molar-refractivity contribution is 0.496. The van der Waals surface area contributed by atoms with Crippen LogP contribution in [0, 0.1) is 5.92 Å². The Bertz CT molecular complexity index is 167. The number of allylic oxidation sites excluding steroid dienone is 2. The van der Waals surface area contributed by atoms with Crippen LogP contribution in [0.5, 0.6) is 0 Å². The summed E-state index contributed by atoms with van der Waals surface area (Å²) < 4.78 is 0. The first-order valence-corrected chi connectivity index (χ1v) is 5.66. The number of fused-ring (bicyclic) bond motifs is 1. The van der Waals surface area contributed by atoms with Crippen LogP contribution in [0.2, 0.25) is 0 Å². The monoisotopic (exact) mass is 164 g/mol. The fraction of sp³-hybridized carbons (Fsp3) is 0.833. The Morgan fingerprint density at radius 3 is 2.67 bits per heavy atom. The van der Waals surface area contributed by atoms with Crippen molar-refractivity contribution in [2.75, 3.05) is 0 Å². The Kier molecular flexibility index (Phi) is 2.86. The number of rotatable bonds is 0. The highest BCUT2D eigenvalue weighted by molar-refractivity contribution is 5.09. The summed E-state index contributed by atoms with van der Waals surface area (Å²) in [4.78, 5) is 0. The van der Waals surface area contributed by atoms with Gasteiger partial charge < -0.3 is 0 Å². The molecule has 0 nitrogen and oxygen atoms in total. The molecule has 0 radical (unpaired) electrons. The highest BCUT2D eigenvalue weighted by atomic mass is 14.2.